The molecule has 716 valence electrons. The summed E-state index contributed by atoms with van der Waals surface area (Å²) in [5, 5.41) is 18.7. The molecular weight excluding hydrogens is 1710 g/mol. The van der Waals surface area contributed by atoms with E-state index in [1.54, 1.807) is 12.1 Å². The fourth-order valence-electron chi connectivity index (χ4n) is 23.1. The van der Waals surface area contributed by atoms with E-state index in [2.05, 4.69) is 314 Å². The van der Waals surface area contributed by atoms with Crippen LogP contribution in [0.2, 0.25) is 0 Å². The monoisotopic (exact) mass is 1860 g/mol. The molecule has 0 amide bonds. The molecule has 8 aliphatic carbocycles. The van der Waals surface area contributed by atoms with Gasteiger partial charge in [0, 0.05) is 62.8 Å². The molecule has 21 rings (SSSR count). The number of phenols is 1. The number of carbonyl (C=O) groups excluding carboxylic acids is 3. The van der Waals surface area contributed by atoms with E-state index < -0.39 is 0 Å². The molecule has 12 aromatic rings. The van der Waals surface area contributed by atoms with Crippen LogP contribution < -0.4 is 33.1 Å². The zero-order chi connectivity index (χ0) is 94.2. The summed E-state index contributed by atoms with van der Waals surface area (Å²) in [4.78, 5) is 33.3. The van der Waals surface area contributed by atoms with Crippen molar-refractivity contribution in [1.82, 2.24) is 0 Å². The number of benzene rings is 12. The van der Waals surface area contributed by atoms with Crippen LogP contribution in [0.4, 0.5) is 0 Å². The molecule has 12 aromatic carbocycles. The van der Waals surface area contributed by atoms with Crippen LogP contribution >= 0.6 is 0 Å². The van der Waals surface area contributed by atoms with Gasteiger partial charge in [0.2, 0.25) is 0 Å². The number of aliphatic hydroxyl groups is 1. The molecule has 0 aromatic heterocycles. The Bertz CT molecular complexity index is 5770. The van der Waals surface area contributed by atoms with Crippen molar-refractivity contribution in [2.75, 3.05) is 33.0 Å². The number of aromatic hydroxyl groups is 1. The summed E-state index contributed by atoms with van der Waals surface area (Å²) in [5.74, 6) is 9.36. The van der Waals surface area contributed by atoms with Gasteiger partial charge >= 0.3 is 30.8 Å². The number of fused-ring (bicyclic) bond motifs is 4. The number of aliphatic hydroxyl groups excluding tert-OH is 1. The topological polar surface area (TPSA) is 147 Å². The average molecular weight is 1860 g/mol. The molecule has 1 heterocycles. The van der Waals surface area contributed by atoms with Crippen LogP contribution in [0, 0.1) is 57.3 Å². The third kappa shape index (κ3) is 27.4. The first kappa shape index (κ1) is 103. The fourth-order valence-corrected chi connectivity index (χ4v) is 23.1. The smallest absolute Gasteiger partial charge is 1.00 e. The van der Waals surface area contributed by atoms with Crippen molar-refractivity contribution in [2.45, 2.75) is 255 Å². The molecule has 13 heteroatoms. The summed E-state index contributed by atoms with van der Waals surface area (Å²) >= 11 is 0. The molecule has 1 saturated heterocycles. The van der Waals surface area contributed by atoms with Crippen LogP contribution in [-0.4, -0.2) is 97.1 Å². The molecule has 11 nitrogen and oxygen atoms in total. The molecule has 0 radical (unpaired) electrons. The van der Waals surface area contributed by atoms with Crippen molar-refractivity contribution in [2.24, 2.45) is 29.6 Å². The number of rotatable bonds is 24. The first-order chi connectivity index (χ1) is 66.5. The van der Waals surface area contributed by atoms with E-state index in [0.717, 1.165) is 126 Å². The van der Waals surface area contributed by atoms with Gasteiger partial charge in [-0.05, 0) is 354 Å². The summed E-state index contributed by atoms with van der Waals surface area (Å²) in [7, 11) is 0. The van der Waals surface area contributed by atoms with Crippen molar-refractivity contribution in [3.8, 4) is 23.0 Å². The average Bonchev–Trinajstić information content (AvgIpc) is 1.05. The van der Waals surface area contributed by atoms with Gasteiger partial charge in [0.05, 0.1) is 31.5 Å². The van der Waals surface area contributed by atoms with E-state index >= 15 is 0 Å². The Balaban J connectivity index is 0.000000148. The Morgan fingerprint density at radius 3 is 0.920 bits per heavy atom. The minimum atomic E-state index is -0.0915. The Kier molecular flexibility index (Phi) is 38.3. The molecule has 1 aliphatic heterocycles. The van der Waals surface area contributed by atoms with Crippen LogP contribution in [-0.2, 0) is 54.3 Å². The summed E-state index contributed by atoms with van der Waals surface area (Å²) in [6.07, 6.45) is 24.6. The molecule has 2 N–H and O–H groups in total. The predicted molar refractivity (Wildman–Crippen MR) is 559 cm³/mol. The Labute approximate surface area is 846 Å². The molecule has 0 spiro atoms. The van der Waals surface area contributed by atoms with Gasteiger partial charge in [-0.25, -0.2) is 0 Å². The van der Waals surface area contributed by atoms with Gasteiger partial charge in [0.25, 0.3) is 0 Å². The second-order valence-electron chi connectivity index (χ2n) is 40.2. The van der Waals surface area contributed by atoms with Crippen LogP contribution in [0.15, 0.2) is 291 Å². The molecule has 8 atom stereocenters. The van der Waals surface area contributed by atoms with Crippen LogP contribution in [0.5, 0.6) is 23.0 Å². The van der Waals surface area contributed by atoms with E-state index in [1.807, 2.05) is 13.8 Å². The standard InChI is InChI=1S/C31H34O3.C29H32O2.C29H30O2.C23H22O.C9H16O2.C4H8O.Al.Li.4H/c1-3-33-30(32)20-22-18-27(19-22)34-26-13-10-24(11-14-26)31-28(23-7-5-4-6-8-23)16-12-25-17-21(2)9-15-29(25)31;2*1-20-7-13-28-24(17-20)10-14-27(22-5-3-2-4-6-22)29(28)23-8-11-25(12-9-23)31-26-18-21(19-26)15-16-30;1-16-7-13-22-19(15-16)10-14-21(17-5-3-2-4-6-17)23(22)18-8-11-20(24)12-9-18;1-3-11-9(10)6-8-4-7(2)5-8;1-2-4-5-3-1;;;;;;/h4-11,13-15,17,22,27-28,31H,3,12,16,18-20H2,1-2H3;2-9,11-13,17,21,26-27,29-30H,10,14-16,18-19H2,1H3;2-9,11-13,16-17,21,26-27,29H,10,14-15,18-19H2,1H3;2-9,11-13,15,21,23-24H,10,14H2,1H3;7-8H,3-6H2,1-2H3;1-4H2;;;;;;/q;;;;;;;+1;;;;-1/t22?,27?,28-,31+;2*21?,26?,27-,29+;21-,23+;;;;;;;;/m1111......../s1. The number of aldehydes is 1. The summed E-state index contributed by atoms with van der Waals surface area (Å²) in [5.41, 5.74) is 28.2. The summed E-state index contributed by atoms with van der Waals surface area (Å²) in [6.45, 7) is 17.9. The zero-order valence-electron chi connectivity index (χ0n) is 83.2. The van der Waals surface area contributed by atoms with Gasteiger partial charge in [-0.3, -0.25) is 9.59 Å². The Morgan fingerprint density at radius 1 is 0.370 bits per heavy atom. The quantitative estimate of drug-likeness (QED) is 0.0338. The van der Waals surface area contributed by atoms with E-state index in [9.17, 15) is 19.5 Å². The minimum Gasteiger partial charge on any atom is -1.00 e. The third-order valence-electron chi connectivity index (χ3n) is 30.2. The number of hydrogen-bond acceptors (Lipinski definition) is 11. The Morgan fingerprint density at radius 2 is 0.652 bits per heavy atom. The maximum absolute atomic E-state index is 11.7. The normalized spacial score (nSPS) is 23.5. The van der Waals surface area contributed by atoms with Crippen molar-refractivity contribution < 1.29 is 73.3 Å². The summed E-state index contributed by atoms with van der Waals surface area (Å²) < 4.78 is 33.4. The third-order valence-corrected chi connectivity index (χ3v) is 30.2. The fraction of sp³-hybridized carbons (Fsp3) is 0.400. The van der Waals surface area contributed by atoms with Gasteiger partial charge in [0.15, 0.2) is 17.4 Å². The molecule has 138 heavy (non-hydrogen) atoms. The van der Waals surface area contributed by atoms with Crippen molar-refractivity contribution in [1.29, 1.82) is 0 Å². The summed E-state index contributed by atoms with van der Waals surface area (Å²) in [6, 6.07) is 106. The van der Waals surface area contributed by atoms with E-state index in [0.29, 0.717) is 115 Å². The van der Waals surface area contributed by atoms with Gasteiger partial charge in [-0.15, -0.1) is 0 Å². The van der Waals surface area contributed by atoms with E-state index in [1.165, 1.54) is 150 Å². The van der Waals surface area contributed by atoms with Gasteiger partial charge in [0.1, 0.15) is 29.3 Å². The zero-order valence-corrected chi connectivity index (χ0v) is 82.2. The van der Waals surface area contributed by atoms with Gasteiger partial charge < -0.3 is 44.9 Å². The minimum absolute atomic E-state index is 0. The van der Waals surface area contributed by atoms with E-state index in [-0.39, 0.29) is 68.4 Å². The number of ether oxygens (including phenoxy) is 6. The second-order valence-corrected chi connectivity index (χ2v) is 40.2. The number of esters is 2. The number of aryl methyl sites for hydroxylation is 8. The maximum atomic E-state index is 11.7. The largest absolute Gasteiger partial charge is 1.00 e. The van der Waals surface area contributed by atoms with Gasteiger partial charge in [-0.2, -0.15) is 0 Å². The molecule has 4 saturated carbocycles. The number of hydrogen-bond donors (Lipinski definition) is 2. The SMILES string of the molecule is C1CCOC1.CCOC(=O)CC1CC(C)C1.CCOC(=O)CC1CC(Oc2ccc([C@@H]3c4ccc(C)cc4CC[C@@H]3c3ccccc3)cc2)C1.Cc1ccc2c(c1)CC[C@H](c1ccccc1)[C@@H]2c1ccc(O)cc1.Cc1ccc2c(c1)CC[C@H](c1ccccc1)[C@@H]2c1ccc(OC2CC(CC=O)C2)cc1.Cc1ccc2c(c1)CC[C@H](c1ccccc1)[C@@H]2c1ccc(OC2CC(CCO)C2)cc1.[AlH3].[H-].[Li+]. The molecule has 0 unspecified atom stereocenters. The number of carbonyl (C=O) groups is 3. The first-order valence-corrected chi connectivity index (χ1v) is 51.1. The predicted octanol–water partition coefficient (Wildman–Crippen LogP) is 24.2. The Hall–Kier alpha value is -10.5. The molecule has 9 aliphatic rings. The maximum Gasteiger partial charge on any atom is 1.00 e. The van der Waals surface area contributed by atoms with Crippen LogP contribution in [0.3, 0.4) is 0 Å². The van der Waals surface area contributed by atoms with Crippen molar-refractivity contribution >= 4 is 35.6 Å². The van der Waals surface area contributed by atoms with E-state index in [4.69, 9.17) is 33.5 Å². The van der Waals surface area contributed by atoms with Crippen molar-refractivity contribution in [3.63, 3.8) is 0 Å². The molecule has 0 bridgehead atoms. The molecular formula is C125H146AlLiO11. The van der Waals surface area contributed by atoms with Crippen LogP contribution in [0.25, 0.3) is 0 Å². The van der Waals surface area contributed by atoms with Crippen LogP contribution in [0.1, 0.15) is 296 Å². The molecule has 5 fully saturated rings. The second kappa shape index (κ2) is 51.1. The van der Waals surface area contributed by atoms with Gasteiger partial charge in [-0.1, -0.05) is 272 Å². The number of phenolic OH excluding ortho intramolecular Hbond substituents is 1. The van der Waals surface area contributed by atoms with Crippen molar-refractivity contribution in [3.05, 3.63) is 402 Å². The first-order valence-electron chi connectivity index (χ1n) is 51.1.